The Hall–Kier alpha value is -1.63. The zero-order valence-corrected chi connectivity index (χ0v) is 12.2. The van der Waals surface area contributed by atoms with E-state index in [-0.39, 0.29) is 17.0 Å². The van der Waals surface area contributed by atoms with Crippen LogP contribution in [0.25, 0.3) is 0 Å². The first-order chi connectivity index (χ1) is 9.53. The molecule has 1 aliphatic rings. The molecule has 0 spiro atoms. The summed E-state index contributed by atoms with van der Waals surface area (Å²) in [5.41, 5.74) is -0.628. The van der Waals surface area contributed by atoms with Crippen LogP contribution in [0.4, 0.5) is 0 Å². The second-order valence-corrected chi connectivity index (χ2v) is 5.66. The van der Waals surface area contributed by atoms with Crippen molar-refractivity contribution in [1.29, 1.82) is 0 Å². The Morgan fingerprint density at radius 2 is 2.35 bits per heavy atom. The molecule has 0 bridgehead atoms. The molecule has 7 nitrogen and oxygen atoms in total. The number of rotatable bonds is 5. The van der Waals surface area contributed by atoms with E-state index < -0.39 is 0 Å². The van der Waals surface area contributed by atoms with Gasteiger partial charge in [-0.15, -0.1) is 0 Å². The van der Waals surface area contributed by atoms with Crippen LogP contribution in [0.5, 0.6) is 0 Å². The van der Waals surface area contributed by atoms with Crippen LogP contribution >= 0.6 is 0 Å². The number of piperidine rings is 1. The zero-order chi connectivity index (χ0) is 14.6. The molecule has 1 aliphatic heterocycles. The predicted octanol–water partition coefficient (Wildman–Crippen LogP) is -0.121. The number of nitrogens with one attached hydrogen (secondary N) is 3. The number of aromatic nitrogens is 3. The second kappa shape index (κ2) is 6.21. The smallest absolute Gasteiger partial charge is 0.340 e. The van der Waals surface area contributed by atoms with Crippen molar-refractivity contribution in [2.75, 3.05) is 26.2 Å². The zero-order valence-electron chi connectivity index (χ0n) is 12.2. The molecule has 1 atom stereocenters. The maximum atomic E-state index is 12.3. The number of hydrogen-bond acceptors (Lipinski definition) is 4. The van der Waals surface area contributed by atoms with Gasteiger partial charge in [0.2, 0.25) is 5.91 Å². The van der Waals surface area contributed by atoms with Crippen molar-refractivity contribution < 1.29 is 4.79 Å². The van der Waals surface area contributed by atoms with E-state index in [4.69, 9.17) is 0 Å². The molecule has 0 aliphatic carbocycles. The van der Waals surface area contributed by atoms with Crippen LogP contribution in [-0.4, -0.2) is 52.2 Å². The van der Waals surface area contributed by atoms with E-state index in [1.807, 2.05) is 6.92 Å². The van der Waals surface area contributed by atoms with Crippen LogP contribution in [0, 0.1) is 5.41 Å². The molecule has 0 aromatic carbocycles. The monoisotopic (exact) mass is 281 g/mol. The summed E-state index contributed by atoms with van der Waals surface area (Å²) in [6, 6.07) is 0. The van der Waals surface area contributed by atoms with Crippen LogP contribution in [-0.2, 0) is 11.2 Å². The lowest BCUT2D eigenvalue weighted by molar-refractivity contribution is -0.133. The topological polar surface area (TPSA) is 93.9 Å². The van der Waals surface area contributed by atoms with Gasteiger partial charge in [-0.1, -0.05) is 6.92 Å². The van der Waals surface area contributed by atoms with Crippen LogP contribution in [0.1, 0.15) is 32.5 Å². The summed E-state index contributed by atoms with van der Waals surface area (Å²) >= 11 is 0. The first kappa shape index (κ1) is 14.8. The highest BCUT2D eigenvalue weighted by atomic mass is 16.2. The van der Waals surface area contributed by atoms with Gasteiger partial charge in [-0.2, -0.15) is 5.10 Å². The Morgan fingerprint density at radius 1 is 1.55 bits per heavy atom. The number of nitrogens with zero attached hydrogens (tertiary/aromatic N) is 2. The predicted molar refractivity (Wildman–Crippen MR) is 75.4 cm³/mol. The average molecular weight is 281 g/mol. The van der Waals surface area contributed by atoms with Gasteiger partial charge in [0, 0.05) is 19.5 Å². The third-order valence-corrected chi connectivity index (χ3v) is 3.97. The minimum Gasteiger partial charge on any atom is -0.355 e. The fraction of sp³-hybridized carbons (Fsp3) is 0.769. The summed E-state index contributed by atoms with van der Waals surface area (Å²) in [6.45, 7) is 7.51. The van der Waals surface area contributed by atoms with Crippen molar-refractivity contribution in [3.63, 3.8) is 0 Å². The van der Waals surface area contributed by atoms with E-state index in [0.717, 1.165) is 32.5 Å². The fourth-order valence-corrected chi connectivity index (χ4v) is 2.73. The van der Waals surface area contributed by atoms with Gasteiger partial charge in [0.05, 0.1) is 5.41 Å². The number of carbonyl (C=O) groups is 1. The van der Waals surface area contributed by atoms with Crippen LogP contribution in [0.15, 0.2) is 4.79 Å². The van der Waals surface area contributed by atoms with Crippen molar-refractivity contribution in [2.45, 2.75) is 33.1 Å². The standard InChI is InChI=1S/C13H23N5O2/c1-3-18-8-4-6-13(2,9-18)11(19)14-7-5-10-15-12(20)17-16-10/h3-9H2,1-2H3,(H,14,19)(H2,15,16,17,20)/t13-/m0/s1. The molecule has 1 saturated heterocycles. The van der Waals surface area contributed by atoms with Crippen molar-refractivity contribution in [3.05, 3.63) is 16.3 Å². The molecule has 3 N–H and O–H groups in total. The SMILES string of the molecule is CCN1CCC[C@](C)(C(=O)NCCc2n[nH]c(=O)[nH]2)C1. The van der Waals surface area contributed by atoms with Gasteiger partial charge >= 0.3 is 5.69 Å². The van der Waals surface area contributed by atoms with Crippen molar-refractivity contribution in [2.24, 2.45) is 5.41 Å². The molecular weight excluding hydrogens is 258 g/mol. The van der Waals surface area contributed by atoms with Crippen molar-refractivity contribution in [1.82, 2.24) is 25.4 Å². The number of aromatic amines is 2. The van der Waals surface area contributed by atoms with Gasteiger partial charge in [0.25, 0.3) is 0 Å². The Bertz CT molecular complexity index is 509. The highest BCUT2D eigenvalue weighted by molar-refractivity contribution is 5.82. The van der Waals surface area contributed by atoms with Gasteiger partial charge in [0.1, 0.15) is 5.82 Å². The van der Waals surface area contributed by atoms with Crippen LogP contribution < -0.4 is 11.0 Å². The molecule has 0 saturated carbocycles. The number of amides is 1. The maximum absolute atomic E-state index is 12.3. The lowest BCUT2D eigenvalue weighted by Crippen LogP contribution is -2.50. The number of H-pyrrole nitrogens is 2. The van der Waals surface area contributed by atoms with Gasteiger partial charge in [-0.3, -0.25) is 9.78 Å². The third kappa shape index (κ3) is 3.47. The molecule has 112 valence electrons. The Balaban J connectivity index is 1.83. The van der Waals surface area contributed by atoms with E-state index in [2.05, 4.69) is 32.3 Å². The molecule has 1 fully saturated rings. The molecule has 1 aromatic rings. The van der Waals surface area contributed by atoms with Crippen molar-refractivity contribution in [3.8, 4) is 0 Å². The summed E-state index contributed by atoms with van der Waals surface area (Å²) in [5.74, 6) is 0.660. The van der Waals surface area contributed by atoms with Gasteiger partial charge in [-0.05, 0) is 32.9 Å². The minimum atomic E-state index is -0.316. The highest BCUT2D eigenvalue weighted by Crippen LogP contribution is 2.29. The minimum absolute atomic E-state index is 0.0912. The molecule has 1 amide bonds. The van der Waals surface area contributed by atoms with Crippen LogP contribution in [0.3, 0.4) is 0 Å². The lowest BCUT2D eigenvalue weighted by Gasteiger charge is -2.38. The number of likely N-dealkylation sites (tertiary alicyclic amines) is 1. The molecular formula is C13H23N5O2. The molecule has 0 radical (unpaired) electrons. The van der Waals surface area contributed by atoms with Crippen molar-refractivity contribution >= 4 is 5.91 Å². The summed E-state index contributed by atoms with van der Waals surface area (Å²) in [4.78, 5) is 28.1. The molecule has 1 aromatic heterocycles. The first-order valence-corrected chi connectivity index (χ1v) is 7.18. The summed E-state index contributed by atoms with van der Waals surface area (Å²) in [7, 11) is 0. The van der Waals surface area contributed by atoms with E-state index in [9.17, 15) is 9.59 Å². The Morgan fingerprint density at radius 3 is 3.00 bits per heavy atom. The fourth-order valence-electron chi connectivity index (χ4n) is 2.73. The quantitative estimate of drug-likeness (QED) is 0.701. The summed E-state index contributed by atoms with van der Waals surface area (Å²) < 4.78 is 0. The number of carbonyl (C=O) groups excluding carboxylic acids is 1. The Kier molecular flexibility index (Phi) is 4.59. The van der Waals surface area contributed by atoms with E-state index in [0.29, 0.717) is 18.8 Å². The highest BCUT2D eigenvalue weighted by Gasteiger charge is 2.36. The molecule has 2 heterocycles. The third-order valence-electron chi connectivity index (χ3n) is 3.97. The van der Waals surface area contributed by atoms with E-state index in [1.165, 1.54) is 0 Å². The lowest BCUT2D eigenvalue weighted by atomic mass is 9.81. The molecule has 0 unspecified atom stereocenters. The first-order valence-electron chi connectivity index (χ1n) is 7.18. The molecule has 20 heavy (non-hydrogen) atoms. The van der Waals surface area contributed by atoms with Gasteiger partial charge in [-0.25, -0.2) is 9.89 Å². The normalized spacial score (nSPS) is 23.7. The van der Waals surface area contributed by atoms with Gasteiger partial charge in [0.15, 0.2) is 0 Å². The van der Waals surface area contributed by atoms with Gasteiger partial charge < -0.3 is 10.2 Å². The largest absolute Gasteiger partial charge is 0.355 e. The van der Waals surface area contributed by atoms with Crippen LogP contribution in [0.2, 0.25) is 0 Å². The molecule has 2 rings (SSSR count). The second-order valence-electron chi connectivity index (χ2n) is 5.66. The Labute approximate surface area is 118 Å². The summed E-state index contributed by atoms with van der Waals surface area (Å²) in [6.07, 6.45) is 2.51. The van der Waals surface area contributed by atoms with E-state index in [1.54, 1.807) is 0 Å². The van der Waals surface area contributed by atoms with E-state index >= 15 is 0 Å². The average Bonchev–Trinajstić information content (AvgIpc) is 2.84. The molecule has 7 heteroatoms. The summed E-state index contributed by atoms with van der Waals surface area (Å²) in [5, 5.41) is 9.08. The number of hydrogen-bond donors (Lipinski definition) is 3. The maximum Gasteiger partial charge on any atom is 0.340 e.